The minimum atomic E-state index is -0.641. The molecule has 0 bridgehead atoms. The summed E-state index contributed by atoms with van der Waals surface area (Å²) in [5, 5.41) is 3.49. The molecule has 0 unspecified atom stereocenters. The van der Waals surface area contributed by atoms with E-state index in [0.29, 0.717) is 30.2 Å². The molecule has 1 N–H and O–H groups in total. The number of nitrogens with zero attached hydrogens (tertiary/aromatic N) is 2. The van der Waals surface area contributed by atoms with E-state index in [1.54, 1.807) is 27.1 Å². The van der Waals surface area contributed by atoms with E-state index in [0.717, 1.165) is 17.7 Å². The van der Waals surface area contributed by atoms with E-state index in [4.69, 9.17) is 9.47 Å². The largest absolute Gasteiger partial charge is 0.490 e. The van der Waals surface area contributed by atoms with Gasteiger partial charge in [0.05, 0.1) is 12.2 Å². The van der Waals surface area contributed by atoms with Gasteiger partial charge in [0.2, 0.25) is 0 Å². The summed E-state index contributed by atoms with van der Waals surface area (Å²) in [7, 11) is 3.39. The van der Waals surface area contributed by atoms with Gasteiger partial charge in [-0.15, -0.1) is 0 Å². The van der Waals surface area contributed by atoms with Crippen LogP contribution in [0.15, 0.2) is 42.5 Å². The maximum atomic E-state index is 13.1. The van der Waals surface area contributed by atoms with E-state index >= 15 is 0 Å². The highest BCUT2D eigenvalue weighted by Gasteiger charge is 2.32. The molecular formula is C24H31N3O4. The third-order valence-corrected chi connectivity index (χ3v) is 5.16. The fourth-order valence-electron chi connectivity index (χ4n) is 3.69. The monoisotopic (exact) mass is 425 g/mol. The minimum absolute atomic E-state index is 0.00434. The topological polar surface area (TPSA) is 71.1 Å². The standard InChI is InChI=1S/C24H31N3O4/c1-6-14-27-22(25-19-11-9-8-10-18(19)24(27)29)17-12-13-20(21(15-17)30-7-2)31-16(3)23(28)26(4)5/h8-13,15-16,22,25H,6-7,14H2,1-5H3/t16-,22+/m0/s1. The normalized spacial score (nSPS) is 16.2. The Morgan fingerprint density at radius 3 is 2.58 bits per heavy atom. The second kappa shape index (κ2) is 9.73. The zero-order valence-electron chi connectivity index (χ0n) is 18.8. The molecule has 1 heterocycles. The molecule has 0 aromatic heterocycles. The van der Waals surface area contributed by atoms with Crippen LogP contribution in [-0.2, 0) is 4.79 Å². The van der Waals surface area contributed by atoms with Gasteiger partial charge < -0.3 is 24.6 Å². The number of rotatable bonds is 8. The van der Waals surface area contributed by atoms with Crippen LogP contribution >= 0.6 is 0 Å². The molecule has 0 spiro atoms. The molecule has 2 aromatic rings. The first-order valence-corrected chi connectivity index (χ1v) is 10.7. The molecule has 0 saturated heterocycles. The fraction of sp³-hybridized carbons (Fsp3) is 0.417. The smallest absolute Gasteiger partial charge is 0.262 e. The predicted molar refractivity (Wildman–Crippen MR) is 121 cm³/mol. The van der Waals surface area contributed by atoms with Crippen molar-refractivity contribution in [2.24, 2.45) is 0 Å². The SMILES string of the molecule is CCCN1C(=O)c2ccccc2N[C@H]1c1ccc(O[C@@H](C)C(=O)N(C)C)c(OCC)c1. The van der Waals surface area contributed by atoms with Crippen LogP contribution in [0.2, 0.25) is 0 Å². The summed E-state index contributed by atoms with van der Waals surface area (Å²) in [6.07, 6.45) is -0.121. The number of benzene rings is 2. The number of carbonyl (C=O) groups is 2. The highest BCUT2D eigenvalue weighted by atomic mass is 16.5. The molecule has 7 heteroatoms. The Hall–Kier alpha value is -3.22. The molecule has 0 aliphatic carbocycles. The van der Waals surface area contributed by atoms with Crippen molar-refractivity contribution in [3.63, 3.8) is 0 Å². The first-order chi connectivity index (χ1) is 14.9. The maximum Gasteiger partial charge on any atom is 0.262 e. The van der Waals surface area contributed by atoms with Crippen molar-refractivity contribution in [2.75, 3.05) is 32.6 Å². The molecule has 1 aliphatic heterocycles. The molecule has 0 radical (unpaired) electrons. The summed E-state index contributed by atoms with van der Waals surface area (Å²) >= 11 is 0. The van der Waals surface area contributed by atoms with Crippen molar-refractivity contribution < 1.29 is 19.1 Å². The number of carbonyl (C=O) groups excluding carboxylic acids is 2. The van der Waals surface area contributed by atoms with Crippen molar-refractivity contribution in [2.45, 2.75) is 39.5 Å². The Bertz CT molecular complexity index is 944. The van der Waals surface area contributed by atoms with Gasteiger partial charge in [-0.3, -0.25) is 9.59 Å². The summed E-state index contributed by atoms with van der Waals surface area (Å²) in [4.78, 5) is 28.7. The number of hydrogen-bond donors (Lipinski definition) is 1. The van der Waals surface area contributed by atoms with Crippen molar-refractivity contribution in [1.29, 1.82) is 0 Å². The molecule has 0 saturated carbocycles. The highest BCUT2D eigenvalue weighted by Crippen LogP contribution is 2.37. The quantitative estimate of drug-likeness (QED) is 0.694. The summed E-state index contributed by atoms with van der Waals surface area (Å²) < 4.78 is 11.7. The number of amides is 2. The van der Waals surface area contributed by atoms with E-state index < -0.39 is 6.10 Å². The van der Waals surface area contributed by atoms with Crippen LogP contribution in [0.1, 0.15) is 49.3 Å². The Morgan fingerprint density at radius 1 is 1.16 bits per heavy atom. The average Bonchev–Trinajstić information content (AvgIpc) is 2.76. The molecule has 0 fully saturated rings. The Balaban J connectivity index is 1.95. The number of likely N-dealkylation sites (N-methyl/N-ethyl adjacent to an activating group) is 1. The van der Waals surface area contributed by atoms with Crippen molar-refractivity contribution >= 4 is 17.5 Å². The van der Waals surface area contributed by atoms with Gasteiger partial charge in [0.1, 0.15) is 6.17 Å². The summed E-state index contributed by atoms with van der Waals surface area (Å²) in [5.41, 5.74) is 2.38. The lowest BCUT2D eigenvalue weighted by Gasteiger charge is -2.38. The molecule has 7 nitrogen and oxygen atoms in total. The molecule has 2 amide bonds. The lowest BCUT2D eigenvalue weighted by molar-refractivity contribution is -0.135. The van der Waals surface area contributed by atoms with Crippen LogP contribution in [0.3, 0.4) is 0 Å². The van der Waals surface area contributed by atoms with Gasteiger partial charge in [-0.05, 0) is 50.1 Å². The Labute approximate surface area is 183 Å². The Kier molecular flexibility index (Phi) is 7.05. The molecule has 166 valence electrons. The van der Waals surface area contributed by atoms with Crippen LogP contribution in [0, 0.1) is 0 Å². The van der Waals surface area contributed by atoms with E-state index in [9.17, 15) is 9.59 Å². The number of anilines is 1. The number of nitrogens with one attached hydrogen (secondary N) is 1. The zero-order chi connectivity index (χ0) is 22.5. The van der Waals surface area contributed by atoms with Crippen LogP contribution in [0.4, 0.5) is 5.69 Å². The number of fused-ring (bicyclic) bond motifs is 1. The molecule has 31 heavy (non-hydrogen) atoms. The fourth-order valence-corrected chi connectivity index (χ4v) is 3.69. The third-order valence-electron chi connectivity index (χ3n) is 5.16. The van der Waals surface area contributed by atoms with E-state index in [1.807, 2.05) is 48.2 Å². The van der Waals surface area contributed by atoms with Crippen molar-refractivity contribution in [1.82, 2.24) is 9.80 Å². The van der Waals surface area contributed by atoms with Gasteiger partial charge in [-0.1, -0.05) is 25.1 Å². The summed E-state index contributed by atoms with van der Waals surface area (Å²) in [6, 6.07) is 13.1. The van der Waals surface area contributed by atoms with Gasteiger partial charge in [-0.2, -0.15) is 0 Å². The first-order valence-electron chi connectivity index (χ1n) is 10.7. The molecule has 2 atom stereocenters. The molecule has 2 aromatic carbocycles. The second-order valence-corrected chi connectivity index (χ2v) is 7.72. The molecule has 3 rings (SSSR count). The Morgan fingerprint density at radius 2 is 1.90 bits per heavy atom. The van der Waals surface area contributed by atoms with Crippen LogP contribution in [0.25, 0.3) is 0 Å². The van der Waals surface area contributed by atoms with Crippen LogP contribution in [-0.4, -0.2) is 55.0 Å². The average molecular weight is 426 g/mol. The lowest BCUT2D eigenvalue weighted by atomic mass is 10.0. The van der Waals surface area contributed by atoms with E-state index in [1.165, 1.54) is 4.90 Å². The molecular weight excluding hydrogens is 394 g/mol. The van der Waals surface area contributed by atoms with E-state index in [2.05, 4.69) is 12.2 Å². The molecule has 1 aliphatic rings. The van der Waals surface area contributed by atoms with Crippen molar-refractivity contribution in [3.05, 3.63) is 53.6 Å². The second-order valence-electron chi connectivity index (χ2n) is 7.72. The first kappa shape index (κ1) is 22.5. The number of hydrogen-bond acceptors (Lipinski definition) is 5. The van der Waals surface area contributed by atoms with Gasteiger partial charge >= 0.3 is 0 Å². The summed E-state index contributed by atoms with van der Waals surface area (Å²) in [5.74, 6) is 0.919. The van der Waals surface area contributed by atoms with Crippen LogP contribution in [0.5, 0.6) is 11.5 Å². The van der Waals surface area contributed by atoms with E-state index in [-0.39, 0.29) is 18.0 Å². The maximum absolute atomic E-state index is 13.1. The zero-order valence-corrected chi connectivity index (χ0v) is 18.8. The van der Waals surface area contributed by atoms with Crippen molar-refractivity contribution in [3.8, 4) is 11.5 Å². The van der Waals surface area contributed by atoms with Gasteiger partial charge in [-0.25, -0.2) is 0 Å². The van der Waals surface area contributed by atoms with Gasteiger partial charge in [0.25, 0.3) is 11.8 Å². The predicted octanol–water partition coefficient (Wildman–Crippen LogP) is 3.92. The van der Waals surface area contributed by atoms with Gasteiger partial charge in [0.15, 0.2) is 17.6 Å². The highest BCUT2D eigenvalue weighted by molar-refractivity contribution is 6.01. The third kappa shape index (κ3) is 4.76. The number of para-hydroxylation sites is 1. The van der Waals surface area contributed by atoms with Crippen LogP contribution < -0.4 is 14.8 Å². The lowest BCUT2D eigenvalue weighted by Crippen LogP contribution is -2.43. The van der Waals surface area contributed by atoms with Gasteiger partial charge in [0, 0.05) is 26.3 Å². The summed E-state index contributed by atoms with van der Waals surface area (Å²) in [6.45, 7) is 6.74. The minimum Gasteiger partial charge on any atom is -0.490 e. The number of ether oxygens (including phenoxy) is 2.